The number of allylic oxidation sites excluding steroid dienone is 1. The molecule has 0 bridgehead atoms. The number of thioether (sulfide) groups is 1. The lowest BCUT2D eigenvalue weighted by molar-refractivity contribution is -0.116. The number of benzene rings is 3. The predicted molar refractivity (Wildman–Crippen MR) is 148 cm³/mol. The molecule has 3 aromatic rings. The highest BCUT2D eigenvalue weighted by atomic mass is 35.5. The van der Waals surface area contributed by atoms with Crippen molar-refractivity contribution in [1.82, 2.24) is 5.32 Å². The summed E-state index contributed by atoms with van der Waals surface area (Å²) in [5.74, 6) is 0.650. The van der Waals surface area contributed by atoms with E-state index >= 15 is 0 Å². The number of hydrogen-bond donors (Lipinski definition) is 2. The Balaban J connectivity index is 1.45. The van der Waals surface area contributed by atoms with Gasteiger partial charge in [0.05, 0.1) is 4.91 Å². The first-order valence-corrected chi connectivity index (χ1v) is 12.9. The van der Waals surface area contributed by atoms with Crippen molar-refractivity contribution in [3.63, 3.8) is 0 Å². The van der Waals surface area contributed by atoms with Crippen LogP contribution < -0.4 is 15.4 Å². The topological polar surface area (TPSA) is 50.4 Å². The SMILES string of the molecule is C=CCc1cc(/C=C2\S[C@@H](Nc3ccc(CC)cc3)NC2=O)ccc1OCc1ccc(Cl)cc1Cl. The van der Waals surface area contributed by atoms with Crippen LogP contribution >= 0.6 is 35.0 Å². The average Bonchev–Trinajstić information content (AvgIpc) is 3.18. The van der Waals surface area contributed by atoms with Crippen molar-refractivity contribution in [2.45, 2.75) is 31.9 Å². The Hall–Kier alpha value is -2.86. The fourth-order valence-corrected chi connectivity index (χ4v) is 5.09. The second kappa shape index (κ2) is 11.7. The molecule has 180 valence electrons. The number of carbonyl (C=O) groups excluding carboxylic acids is 1. The van der Waals surface area contributed by atoms with Gasteiger partial charge in [0.2, 0.25) is 0 Å². The van der Waals surface area contributed by atoms with E-state index in [4.69, 9.17) is 27.9 Å². The summed E-state index contributed by atoms with van der Waals surface area (Å²) in [6, 6.07) is 19.5. The van der Waals surface area contributed by atoms with Gasteiger partial charge in [-0.1, -0.05) is 72.2 Å². The Kier molecular flexibility index (Phi) is 8.45. The number of nitrogens with one attached hydrogen (secondary N) is 2. The fourth-order valence-electron chi connectivity index (χ4n) is 3.64. The van der Waals surface area contributed by atoms with Gasteiger partial charge < -0.3 is 15.4 Å². The summed E-state index contributed by atoms with van der Waals surface area (Å²) in [4.78, 5) is 13.2. The standard InChI is InChI=1S/C28H26Cl2N2O2S/c1-3-5-20-14-19(8-13-25(20)34-17-21-9-10-22(29)16-24(21)30)15-26-27(33)32-28(35-26)31-23-11-6-18(4-2)7-12-23/h3,6-16,28,31H,1,4-5,17H2,2H3,(H,32,33)/b26-15-/t28-/m0/s1. The van der Waals surface area contributed by atoms with Crippen LogP contribution in [0, 0.1) is 0 Å². The van der Waals surface area contributed by atoms with Crippen molar-refractivity contribution in [2.75, 3.05) is 5.32 Å². The molecule has 0 spiro atoms. The minimum absolute atomic E-state index is 0.0966. The molecule has 0 aromatic heterocycles. The average molecular weight is 526 g/mol. The molecule has 1 aliphatic rings. The number of carbonyl (C=O) groups is 1. The van der Waals surface area contributed by atoms with Crippen molar-refractivity contribution in [3.8, 4) is 5.75 Å². The highest BCUT2D eigenvalue weighted by molar-refractivity contribution is 8.05. The molecular formula is C28H26Cl2N2O2S. The zero-order chi connectivity index (χ0) is 24.8. The quantitative estimate of drug-likeness (QED) is 0.225. The first kappa shape index (κ1) is 25.2. The Morgan fingerprint density at radius 2 is 1.89 bits per heavy atom. The summed E-state index contributed by atoms with van der Waals surface area (Å²) in [5.41, 5.74) is 4.78. The molecule has 3 aromatic carbocycles. The van der Waals surface area contributed by atoms with E-state index in [0.717, 1.165) is 34.5 Å². The van der Waals surface area contributed by atoms with E-state index in [1.54, 1.807) is 12.1 Å². The van der Waals surface area contributed by atoms with Crippen molar-refractivity contribution in [2.24, 2.45) is 0 Å². The molecule has 1 heterocycles. The molecule has 0 aliphatic carbocycles. The molecule has 1 atom stereocenters. The summed E-state index contributed by atoms with van der Waals surface area (Å²) in [7, 11) is 0. The number of halogens is 2. The van der Waals surface area contributed by atoms with E-state index in [1.165, 1.54) is 17.3 Å². The van der Waals surface area contributed by atoms with Gasteiger partial charge in [-0.15, -0.1) is 6.58 Å². The maximum atomic E-state index is 12.6. The monoisotopic (exact) mass is 524 g/mol. The van der Waals surface area contributed by atoms with Gasteiger partial charge in [-0.25, -0.2) is 0 Å². The third-order valence-electron chi connectivity index (χ3n) is 5.54. The number of amides is 1. The lowest BCUT2D eigenvalue weighted by Gasteiger charge is -2.13. The second-order valence-corrected chi connectivity index (χ2v) is 10.0. The molecule has 0 unspecified atom stereocenters. The highest BCUT2D eigenvalue weighted by Gasteiger charge is 2.27. The van der Waals surface area contributed by atoms with Gasteiger partial charge in [-0.3, -0.25) is 4.79 Å². The van der Waals surface area contributed by atoms with Gasteiger partial charge in [0.1, 0.15) is 12.4 Å². The van der Waals surface area contributed by atoms with Gasteiger partial charge in [-0.2, -0.15) is 0 Å². The maximum Gasteiger partial charge on any atom is 0.260 e. The minimum Gasteiger partial charge on any atom is -0.489 e. The van der Waals surface area contributed by atoms with Gasteiger partial charge >= 0.3 is 0 Å². The minimum atomic E-state index is -0.222. The van der Waals surface area contributed by atoms with E-state index in [1.807, 2.05) is 48.6 Å². The molecule has 1 fully saturated rings. The van der Waals surface area contributed by atoms with Gasteiger partial charge in [0.25, 0.3) is 5.91 Å². The number of anilines is 1. The Morgan fingerprint density at radius 3 is 2.60 bits per heavy atom. The van der Waals surface area contributed by atoms with Crippen molar-refractivity contribution >= 4 is 52.6 Å². The van der Waals surface area contributed by atoms with Crippen molar-refractivity contribution < 1.29 is 9.53 Å². The molecule has 0 radical (unpaired) electrons. The van der Waals surface area contributed by atoms with Crippen LogP contribution in [0.1, 0.15) is 29.2 Å². The van der Waals surface area contributed by atoms with Gasteiger partial charge in [0, 0.05) is 21.3 Å². The number of aryl methyl sites for hydroxylation is 1. The summed E-state index contributed by atoms with van der Waals surface area (Å²) in [6.07, 6.45) is 5.36. The van der Waals surface area contributed by atoms with E-state index < -0.39 is 0 Å². The zero-order valence-corrected chi connectivity index (χ0v) is 21.6. The Labute approximate surface area is 220 Å². The third kappa shape index (κ3) is 6.63. The van der Waals surface area contributed by atoms with E-state index in [9.17, 15) is 4.79 Å². The lowest BCUT2D eigenvalue weighted by atomic mass is 10.1. The smallest absolute Gasteiger partial charge is 0.260 e. The molecule has 1 amide bonds. The molecule has 4 rings (SSSR count). The zero-order valence-electron chi connectivity index (χ0n) is 19.3. The summed E-state index contributed by atoms with van der Waals surface area (Å²) in [5, 5.41) is 7.49. The van der Waals surface area contributed by atoms with Crippen LogP contribution in [-0.4, -0.2) is 11.4 Å². The normalized spacial score (nSPS) is 16.3. The highest BCUT2D eigenvalue weighted by Crippen LogP contribution is 2.32. The van der Waals surface area contributed by atoms with Gasteiger partial charge in [-0.05, 0) is 72.0 Å². The molecule has 4 nitrogen and oxygen atoms in total. The maximum absolute atomic E-state index is 12.6. The fraction of sp³-hybridized carbons (Fsp3) is 0.179. The molecule has 35 heavy (non-hydrogen) atoms. The van der Waals surface area contributed by atoms with Crippen molar-refractivity contribution in [1.29, 1.82) is 0 Å². The molecule has 2 N–H and O–H groups in total. The summed E-state index contributed by atoms with van der Waals surface area (Å²) in [6.45, 7) is 6.31. The first-order chi connectivity index (χ1) is 16.9. The van der Waals surface area contributed by atoms with Crippen LogP contribution in [0.25, 0.3) is 6.08 Å². The lowest BCUT2D eigenvalue weighted by Crippen LogP contribution is -2.30. The van der Waals surface area contributed by atoms with E-state index in [2.05, 4.69) is 36.3 Å². The summed E-state index contributed by atoms with van der Waals surface area (Å²) >= 11 is 13.7. The molecule has 7 heteroatoms. The van der Waals surface area contributed by atoms with Crippen LogP contribution in [-0.2, 0) is 24.2 Å². The van der Waals surface area contributed by atoms with Crippen LogP contribution in [0.5, 0.6) is 5.75 Å². The molecular weight excluding hydrogens is 499 g/mol. The Bertz CT molecular complexity index is 1260. The first-order valence-electron chi connectivity index (χ1n) is 11.3. The van der Waals surface area contributed by atoms with E-state index in [-0.39, 0.29) is 11.4 Å². The second-order valence-electron chi connectivity index (χ2n) is 8.06. The molecule has 1 aliphatic heterocycles. The van der Waals surface area contributed by atoms with Crippen LogP contribution in [0.15, 0.2) is 78.2 Å². The van der Waals surface area contributed by atoms with E-state index in [0.29, 0.717) is 28.0 Å². The van der Waals surface area contributed by atoms with Gasteiger partial charge in [0.15, 0.2) is 5.50 Å². The third-order valence-corrected chi connectivity index (χ3v) is 7.15. The number of rotatable bonds is 9. The largest absolute Gasteiger partial charge is 0.489 e. The predicted octanol–water partition coefficient (Wildman–Crippen LogP) is 7.46. The van der Waals surface area contributed by atoms with Crippen LogP contribution in [0.4, 0.5) is 5.69 Å². The molecule has 0 saturated carbocycles. The van der Waals surface area contributed by atoms with Crippen LogP contribution in [0.2, 0.25) is 10.0 Å². The van der Waals surface area contributed by atoms with Crippen molar-refractivity contribution in [3.05, 3.63) is 111 Å². The number of ether oxygens (including phenoxy) is 1. The summed E-state index contributed by atoms with van der Waals surface area (Å²) < 4.78 is 6.05. The Morgan fingerprint density at radius 1 is 1.09 bits per heavy atom. The van der Waals surface area contributed by atoms with Crippen LogP contribution in [0.3, 0.4) is 0 Å². The number of hydrogen-bond acceptors (Lipinski definition) is 4. The molecule has 1 saturated heterocycles.